The summed E-state index contributed by atoms with van der Waals surface area (Å²) in [5, 5.41) is 6.59. The number of hydrogen-bond donors (Lipinski definition) is 1. The van der Waals surface area contributed by atoms with E-state index in [4.69, 9.17) is 9.26 Å². The van der Waals surface area contributed by atoms with E-state index in [1.807, 2.05) is 6.92 Å². The highest BCUT2D eigenvalue weighted by Crippen LogP contribution is 2.37. The Morgan fingerprint density at radius 3 is 2.57 bits per heavy atom. The van der Waals surface area contributed by atoms with E-state index in [1.54, 1.807) is 31.2 Å². The lowest BCUT2D eigenvalue weighted by molar-refractivity contribution is -0.183. The van der Waals surface area contributed by atoms with Crippen molar-refractivity contribution in [3.63, 3.8) is 0 Å². The molecule has 0 spiro atoms. The zero-order chi connectivity index (χ0) is 20.3. The number of aryl methyl sites for hydroxylation is 2. The van der Waals surface area contributed by atoms with Crippen molar-refractivity contribution in [3.05, 3.63) is 46.8 Å². The third-order valence-electron chi connectivity index (χ3n) is 5.15. The predicted molar refractivity (Wildman–Crippen MR) is 96.0 cm³/mol. The van der Waals surface area contributed by atoms with Crippen molar-refractivity contribution in [1.29, 1.82) is 0 Å². The van der Waals surface area contributed by atoms with Gasteiger partial charge in [-0.3, -0.25) is 4.79 Å². The van der Waals surface area contributed by atoms with Crippen molar-refractivity contribution in [3.8, 4) is 5.75 Å². The minimum absolute atomic E-state index is 0.0616. The number of halogens is 3. The highest BCUT2D eigenvalue weighted by atomic mass is 19.4. The number of hydrogen-bond acceptors (Lipinski definition) is 4. The first-order valence-corrected chi connectivity index (χ1v) is 9.26. The number of alkyl halides is 3. The Bertz CT molecular complexity index is 796. The summed E-state index contributed by atoms with van der Waals surface area (Å²) in [6, 6.07) is 6.06. The Labute approximate surface area is 161 Å². The molecule has 152 valence electrons. The van der Waals surface area contributed by atoms with Gasteiger partial charge in [-0.15, -0.1) is 0 Å². The molecule has 2 atom stereocenters. The monoisotopic (exact) mass is 396 g/mol. The maximum atomic E-state index is 12.9. The summed E-state index contributed by atoms with van der Waals surface area (Å²) in [5.41, 5.74) is 2.02. The minimum atomic E-state index is -4.20. The second-order valence-corrected chi connectivity index (χ2v) is 7.19. The number of amides is 1. The van der Waals surface area contributed by atoms with E-state index in [1.165, 1.54) is 0 Å². The number of carbonyl (C=O) groups excluding carboxylic acids is 1. The van der Waals surface area contributed by atoms with Gasteiger partial charge in [0, 0.05) is 11.6 Å². The zero-order valence-corrected chi connectivity index (χ0v) is 15.8. The third kappa shape index (κ3) is 4.85. The van der Waals surface area contributed by atoms with E-state index >= 15 is 0 Å². The Morgan fingerprint density at radius 2 is 1.96 bits per heavy atom. The molecule has 1 amide bonds. The van der Waals surface area contributed by atoms with Gasteiger partial charge in [-0.1, -0.05) is 11.6 Å². The molecule has 0 bridgehead atoms. The first kappa shape index (κ1) is 20.2. The average Bonchev–Trinajstić information content (AvgIpc) is 2.98. The van der Waals surface area contributed by atoms with Crippen LogP contribution in [0.2, 0.25) is 0 Å². The Morgan fingerprint density at radius 1 is 1.25 bits per heavy atom. The van der Waals surface area contributed by atoms with Crippen molar-refractivity contribution in [1.82, 2.24) is 10.5 Å². The summed E-state index contributed by atoms with van der Waals surface area (Å²) in [4.78, 5) is 12.4. The lowest BCUT2D eigenvalue weighted by Gasteiger charge is -2.31. The lowest BCUT2D eigenvalue weighted by Crippen LogP contribution is -2.41. The van der Waals surface area contributed by atoms with Crippen LogP contribution in [-0.2, 0) is 6.61 Å². The molecule has 3 rings (SSSR count). The molecule has 28 heavy (non-hydrogen) atoms. The molecule has 1 aromatic heterocycles. The first-order valence-electron chi connectivity index (χ1n) is 9.26. The van der Waals surface area contributed by atoms with Crippen LogP contribution in [0.25, 0.3) is 0 Å². The molecule has 2 unspecified atom stereocenters. The number of benzene rings is 1. The van der Waals surface area contributed by atoms with Gasteiger partial charge in [0.05, 0.1) is 17.2 Å². The van der Waals surface area contributed by atoms with E-state index in [9.17, 15) is 18.0 Å². The summed E-state index contributed by atoms with van der Waals surface area (Å²) in [6.45, 7) is 3.94. The largest absolute Gasteiger partial charge is 0.489 e. The Hall–Kier alpha value is -2.51. The van der Waals surface area contributed by atoms with Gasteiger partial charge in [0.1, 0.15) is 18.1 Å². The molecule has 0 saturated heterocycles. The minimum Gasteiger partial charge on any atom is -0.489 e. The molecule has 1 N–H and O–H groups in total. The fraction of sp³-hybridized carbons (Fsp3) is 0.500. The number of ether oxygens (including phenoxy) is 1. The van der Waals surface area contributed by atoms with Crippen LogP contribution in [-0.4, -0.2) is 23.3 Å². The Balaban J connectivity index is 1.55. The van der Waals surface area contributed by atoms with Crippen molar-refractivity contribution in [2.24, 2.45) is 5.92 Å². The van der Waals surface area contributed by atoms with Gasteiger partial charge in [0.15, 0.2) is 0 Å². The van der Waals surface area contributed by atoms with Crippen LogP contribution in [0, 0.1) is 19.8 Å². The van der Waals surface area contributed by atoms with Crippen LogP contribution in [0.5, 0.6) is 5.75 Å². The summed E-state index contributed by atoms with van der Waals surface area (Å²) < 4.78 is 49.5. The lowest BCUT2D eigenvalue weighted by atomic mass is 9.85. The smallest absolute Gasteiger partial charge is 0.391 e. The van der Waals surface area contributed by atoms with E-state index in [0.717, 1.165) is 11.3 Å². The maximum absolute atomic E-state index is 12.9. The SMILES string of the molecule is Cc1noc(C)c1COc1ccc(C(=O)NC2CCCC(C(F)(F)F)C2)cc1. The van der Waals surface area contributed by atoms with Crippen molar-refractivity contribution < 1.29 is 27.2 Å². The number of nitrogens with zero attached hydrogens (tertiary/aromatic N) is 1. The van der Waals surface area contributed by atoms with Crippen LogP contribution in [0.15, 0.2) is 28.8 Å². The predicted octanol–water partition coefficient (Wildman–Crippen LogP) is 4.72. The molecule has 2 aromatic rings. The fourth-order valence-electron chi connectivity index (χ4n) is 3.45. The number of carbonyl (C=O) groups is 1. The van der Waals surface area contributed by atoms with Gasteiger partial charge in [0.2, 0.25) is 0 Å². The fourth-order valence-corrected chi connectivity index (χ4v) is 3.45. The third-order valence-corrected chi connectivity index (χ3v) is 5.15. The van der Waals surface area contributed by atoms with Gasteiger partial charge in [0.25, 0.3) is 5.91 Å². The number of nitrogens with one attached hydrogen (secondary N) is 1. The van der Waals surface area contributed by atoms with Gasteiger partial charge < -0.3 is 14.6 Å². The molecule has 1 aliphatic carbocycles. The molecule has 1 saturated carbocycles. The summed E-state index contributed by atoms with van der Waals surface area (Å²) >= 11 is 0. The first-order chi connectivity index (χ1) is 13.2. The van der Waals surface area contributed by atoms with Crippen LogP contribution in [0.3, 0.4) is 0 Å². The van der Waals surface area contributed by atoms with E-state index in [2.05, 4.69) is 10.5 Å². The highest BCUT2D eigenvalue weighted by molar-refractivity contribution is 5.94. The number of aromatic nitrogens is 1. The maximum Gasteiger partial charge on any atom is 0.391 e. The van der Waals surface area contributed by atoms with E-state index in [0.29, 0.717) is 36.5 Å². The molecule has 0 radical (unpaired) electrons. The molecule has 1 aromatic carbocycles. The molecule has 1 heterocycles. The molecular formula is C20H23F3N2O3. The van der Waals surface area contributed by atoms with E-state index < -0.39 is 18.1 Å². The summed E-state index contributed by atoms with van der Waals surface area (Å²) in [6.07, 6.45) is -3.11. The van der Waals surface area contributed by atoms with Gasteiger partial charge in [-0.2, -0.15) is 13.2 Å². The second-order valence-electron chi connectivity index (χ2n) is 7.19. The van der Waals surface area contributed by atoms with Gasteiger partial charge in [-0.25, -0.2) is 0 Å². The topological polar surface area (TPSA) is 64.4 Å². The van der Waals surface area contributed by atoms with Crippen molar-refractivity contribution in [2.75, 3.05) is 0 Å². The average molecular weight is 396 g/mol. The van der Waals surface area contributed by atoms with Gasteiger partial charge >= 0.3 is 6.18 Å². The second kappa shape index (κ2) is 8.24. The molecular weight excluding hydrogens is 373 g/mol. The molecule has 8 heteroatoms. The van der Waals surface area contributed by atoms with Gasteiger partial charge in [-0.05, 0) is 57.4 Å². The van der Waals surface area contributed by atoms with Crippen molar-refractivity contribution in [2.45, 2.75) is 58.4 Å². The molecule has 1 aliphatic rings. The zero-order valence-electron chi connectivity index (χ0n) is 15.8. The van der Waals surface area contributed by atoms with Crippen LogP contribution >= 0.6 is 0 Å². The summed E-state index contributed by atoms with van der Waals surface area (Å²) in [7, 11) is 0. The molecule has 5 nitrogen and oxygen atoms in total. The van der Waals surface area contributed by atoms with E-state index in [-0.39, 0.29) is 18.7 Å². The highest BCUT2D eigenvalue weighted by Gasteiger charge is 2.42. The van der Waals surface area contributed by atoms with Crippen molar-refractivity contribution >= 4 is 5.91 Å². The normalized spacial score (nSPS) is 20.0. The standard InChI is InChI=1S/C20H23F3N2O3/c1-12-18(13(2)28-25-12)11-27-17-8-6-14(7-9-17)19(26)24-16-5-3-4-15(10-16)20(21,22)23/h6-9,15-16H,3-5,10-11H2,1-2H3,(H,24,26). The van der Waals surface area contributed by atoms with Crippen LogP contribution < -0.4 is 10.1 Å². The van der Waals surface area contributed by atoms with Crippen LogP contribution in [0.1, 0.15) is 53.1 Å². The Kier molecular flexibility index (Phi) is 5.96. The number of rotatable bonds is 5. The summed E-state index contributed by atoms with van der Waals surface area (Å²) in [5.74, 6) is -0.443. The molecule has 1 fully saturated rings. The van der Waals surface area contributed by atoms with Crippen LogP contribution in [0.4, 0.5) is 13.2 Å². The quantitative estimate of drug-likeness (QED) is 0.794. The molecule has 0 aliphatic heterocycles.